The van der Waals surface area contributed by atoms with Crippen molar-refractivity contribution < 1.29 is 9.59 Å². The van der Waals surface area contributed by atoms with E-state index in [2.05, 4.69) is 34.1 Å². The SMILES string of the molecule is CCCN(C(=O)c1cc2c([nH]c1=O)CC(C)(C)CC2=O)C1CCCN(Cc2ccccc2)C1. The molecule has 1 atom stereocenters. The average Bonchev–Trinajstić information content (AvgIpc) is 2.77. The summed E-state index contributed by atoms with van der Waals surface area (Å²) in [6.45, 7) is 9.35. The molecular formula is C27H35N3O3. The number of ketones is 1. The lowest BCUT2D eigenvalue weighted by molar-refractivity contribution is 0.0532. The molecule has 0 spiro atoms. The predicted octanol–water partition coefficient (Wildman–Crippen LogP) is 4.05. The maximum absolute atomic E-state index is 13.6. The molecule has 1 N–H and O–H groups in total. The van der Waals surface area contributed by atoms with E-state index in [0.29, 0.717) is 30.6 Å². The molecular weight excluding hydrogens is 414 g/mol. The van der Waals surface area contributed by atoms with Gasteiger partial charge in [-0.2, -0.15) is 0 Å². The quantitative estimate of drug-likeness (QED) is 0.722. The molecule has 176 valence electrons. The average molecular weight is 450 g/mol. The Balaban J connectivity index is 1.57. The number of nitrogens with one attached hydrogen (secondary N) is 1. The Labute approximate surface area is 196 Å². The van der Waals surface area contributed by atoms with Gasteiger partial charge in [0.1, 0.15) is 5.56 Å². The molecule has 2 aliphatic rings. The lowest BCUT2D eigenvalue weighted by Crippen LogP contribution is -2.51. The van der Waals surface area contributed by atoms with E-state index in [0.717, 1.165) is 38.9 Å². The highest BCUT2D eigenvalue weighted by Crippen LogP contribution is 2.33. The Morgan fingerprint density at radius 2 is 1.94 bits per heavy atom. The van der Waals surface area contributed by atoms with Crippen LogP contribution in [-0.4, -0.2) is 52.2 Å². The third kappa shape index (κ3) is 5.27. The fraction of sp³-hybridized carbons (Fsp3) is 0.519. The van der Waals surface area contributed by atoms with Crippen LogP contribution in [0.3, 0.4) is 0 Å². The summed E-state index contributed by atoms with van der Waals surface area (Å²) in [6.07, 6.45) is 3.81. The van der Waals surface area contributed by atoms with Crippen LogP contribution in [0, 0.1) is 5.41 Å². The second-order valence-corrected chi connectivity index (χ2v) is 10.4. The van der Waals surface area contributed by atoms with Crippen LogP contribution in [0.25, 0.3) is 0 Å². The standard InChI is InChI=1S/C27H35N3O3/c1-4-12-30(20-11-8-13-29(18-20)17-19-9-6-5-7-10-19)26(33)22-14-21-23(28-25(22)32)15-27(2,3)16-24(21)31/h5-7,9-10,14,20H,4,8,11-13,15-18H2,1-3H3,(H,28,32). The molecule has 2 aromatic rings. The smallest absolute Gasteiger partial charge is 0.261 e. The van der Waals surface area contributed by atoms with Gasteiger partial charge in [0.05, 0.1) is 0 Å². The number of aromatic nitrogens is 1. The molecule has 6 heteroatoms. The van der Waals surface area contributed by atoms with Crippen LogP contribution in [0.15, 0.2) is 41.2 Å². The first-order valence-corrected chi connectivity index (χ1v) is 12.1. The van der Waals surface area contributed by atoms with Gasteiger partial charge in [-0.15, -0.1) is 0 Å². The van der Waals surface area contributed by atoms with Crippen molar-refractivity contribution in [3.63, 3.8) is 0 Å². The molecule has 1 aromatic heterocycles. The summed E-state index contributed by atoms with van der Waals surface area (Å²) in [5, 5.41) is 0. The number of rotatable bonds is 6. The number of pyridine rings is 1. The van der Waals surface area contributed by atoms with Crippen molar-refractivity contribution in [2.45, 2.75) is 65.5 Å². The van der Waals surface area contributed by atoms with Crippen molar-refractivity contribution in [2.75, 3.05) is 19.6 Å². The molecule has 0 saturated carbocycles. The Kier molecular flexibility index (Phi) is 6.84. The number of aromatic amines is 1. The van der Waals surface area contributed by atoms with Gasteiger partial charge in [-0.05, 0) is 49.3 Å². The molecule has 1 aliphatic carbocycles. The molecule has 1 unspecified atom stereocenters. The first-order chi connectivity index (χ1) is 15.8. The minimum atomic E-state index is -0.387. The molecule has 0 bridgehead atoms. The second-order valence-electron chi connectivity index (χ2n) is 10.4. The highest BCUT2D eigenvalue weighted by molar-refractivity contribution is 6.02. The number of Topliss-reactive ketones (excluding diaryl/α,β-unsaturated/α-hetero) is 1. The van der Waals surface area contributed by atoms with Gasteiger partial charge in [0.25, 0.3) is 11.5 Å². The van der Waals surface area contributed by atoms with Gasteiger partial charge in [-0.25, -0.2) is 0 Å². The summed E-state index contributed by atoms with van der Waals surface area (Å²) in [5.41, 5.74) is 1.95. The van der Waals surface area contributed by atoms with E-state index in [9.17, 15) is 14.4 Å². The maximum atomic E-state index is 13.6. The number of piperidine rings is 1. The monoisotopic (exact) mass is 449 g/mol. The van der Waals surface area contributed by atoms with Gasteiger partial charge in [0, 0.05) is 43.4 Å². The fourth-order valence-electron chi connectivity index (χ4n) is 5.30. The van der Waals surface area contributed by atoms with Crippen LogP contribution < -0.4 is 5.56 Å². The van der Waals surface area contributed by atoms with Gasteiger partial charge in [0.15, 0.2) is 5.78 Å². The number of carbonyl (C=O) groups is 2. The summed E-state index contributed by atoms with van der Waals surface area (Å²) in [6, 6.07) is 12.0. The summed E-state index contributed by atoms with van der Waals surface area (Å²) >= 11 is 0. The Hall–Kier alpha value is -2.73. The largest absolute Gasteiger partial charge is 0.334 e. The number of hydrogen-bond donors (Lipinski definition) is 1. The number of H-pyrrole nitrogens is 1. The van der Waals surface area contributed by atoms with Crippen LogP contribution in [0.1, 0.15) is 78.4 Å². The Morgan fingerprint density at radius 3 is 2.67 bits per heavy atom. The van der Waals surface area contributed by atoms with Crippen molar-refractivity contribution >= 4 is 11.7 Å². The minimum absolute atomic E-state index is 0.000272. The zero-order valence-corrected chi connectivity index (χ0v) is 20.0. The lowest BCUT2D eigenvalue weighted by atomic mass is 9.75. The van der Waals surface area contributed by atoms with Crippen molar-refractivity contribution in [1.82, 2.24) is 14.8 Å². The molecule has 1 amide bonds. The number of hydrogen-bond acceptors (Lipinski definition) is 4. The molecule has 1 fully saturated rings. The predicted molar refractivity (Wildman–Crippen MR) is 130 cm³/mol. The van der Waals surface area contributed by atoms with E-state index < -0.39 is 0 Å². The van der Waals surface area contributed by atoms with E-state index in [1.807, 2.05) is 31.7 Å². The van der Waals surface area contributed by atoms with E-state index in [1.165, 1.54) is 5.56 Å². The third-order valence-electron chi connectivity index (χ3n) is 6.84. The number of likely N-dealkylation sites (tertiary alicyclic amines) is 1. The number of carbonyl (C=O) groups excluding carboxylic acids is 2. The zero-order chi connectivity index (χ0) is 23.6. The molecule has 1 aromatic carbocycles. The number of nitrogens with zero attached hydrogens (tertiary/aromatic N) is 2. The van der Waals surface area contributed by atoms with Crippen LogP contribution >= 0.6 is 0 Å². The van der Waals surface area contributed by atoms with Gasteiger partial charge in [-0.1, -0.05) is 51.1 Å². The molecule has 2 heterocycles. The lowest BCUT2D eigenvalue weighted by Gasteiger charge is -2.39. The van der Waals surface area contributed by atoms with Gasteiger partial charge < -0.3 is 9.88 Å². The summed E-state index contributed by atoms with van der Waals surface area (Å²) in [7, 11) is 0. The van der Waals surface area contributed by atoms with E-state index in [-0.39, 0.29) is 34.3 Å². The normalized spacial score (nSPS) is 20.3. The topological polar surface area (TPSA) is 73.5 Å². The van der Waals surface area contributed by atoms with Gasteiger partial charge in [-0.3, -0.25) is 19.3 Å². The molecule has 0 radical (unpaired) electrons. The molecule has 33 heavy (non-hydrogen) atoms. The Morgan fingerprint density at radius 1 is 1.18 bits per heavy atom. The van der Waals surface area contributed by atoms with E-state index in [4.69, 9.17) is 0 Å². The van der Waals surface area contributed by atoms with Crippen LogP contribution in [0.5, 0.6) is 0 Å². The highest BCUT2D eigenvalue weighted by atomic mass is 16.2. The third-order valence-corrected chi connectivity index (χ3v) is 6.84. The molecule has 1 saturated heterocycles. The van der Waals surface area contributed by atoms with E-state index in [1.54, 1.807) is 6.07 Å². The molecule has 1 aliphatic heterocycles. The van der Waals surface area contributed by atoms with Crippen molar-refractivity contribution in [3.05, 3.63) is 69.1 Å². The van der Waals surface area contributed by atoms with Gasteiger partial charge in [0.2, 0.25) is 0 Å². The van der Waals surface area contributed by atoms with E-state index >= 15 is 0 Å². The Bertz CT molecular complexity index is 1070. The van der Waals surface area contributed by atoms with Crippen molar-refractivity contribution in [2.24, 2.45) is 5.41 Å². The summed E-state index contributed by atoms with van der Waals surface area (Å²) < 4.78 is 0. The van der Waals surface area contributed by atoms with Crippen LogP contribution in [0.4, 0.5) is 0 Å². The minimum Gasteiger partial charge on any atom is -0.334 e. The highest BCUT2D eigenvalue weighted by Gasteiger charge is 2.34. The summed E-state index contributed by atoms with van der Waals surface area (Å²) in [5.74, 6) is -0.259. The summed E-state index contributed by atoms with van der Waals surface area (Å²) in [4.78, 5) is 46.4. The van der Waals surface area contributed by atoms with Crippen LogP contribution in [-0.2, 0) is 13.0 Å². The fourth-order valence-corrected chi connectivity index (χ4v) is 5.30. The van der Waals surface area contributed by atoms with Gasteiger partial charge >= 0.3 is 0 Å². The first-order valence-electron chi connectivity index (χ1n) is 12.1. The molecule has 4 rings (SSSR count). The molecule has 6 nitrogen and oxygen atoms in total. The number of fused-ring (bicyclic) bond motifs is 1. The number of benzene rings is 1. The van der Waals surface area contributed by atoms with Crippen molar-refractivity contribution in [3.8, 4) is 0 Å². The van der Waals surface area contributed by atoms with Crippen LogP contribution in [0.2, 0.25) is 0 Å². The van der Waals surface area contributed by atoms with Crippen molar-refractivity contribution in [1.29, 1.82) is 0 Å². The zero-order valence-electron chi connectivity index (χ0n) is 20.0. The number of amides is 1. The second kappa shape index (κ2) is 9.64. The maximum Gasteiger partial charge on any atom is 0.261 e. The first kappa shape index (κ1) is 23.4.